The summed E-state index contributed by atoms with van der Waals surface area (Å²) < 4.78 is 2.17. The highest BCUT2D eigenvalue weighted by Crippen LogP contribution is 2.33. The summed E-state index contributed by atoms with van der Waals surface area (Å²) in [6.07, 6.45) is 2.06. The van der Waals surface area contributed by atoms with Crippen LogP contribution in [0.3, 0.4) is 0 Å². The average molecular weight is 406 g/mol. The first-order valence-corrected chi connectivity index (χ1v) is 9.80. The number of nitrogens with one attached hydrogen (secondary N) is 1. The Bertz CT molecular complexity index is 1100. The molecule has 0 amide bonds. The first-order valence-electron chi connectivity index (χ1n) is 9.80. The molecule has 1 N–H and O–H groups in total. The number of rotatable bonds is 3. The third-order valence-electron chi connectivity index (χ3n) is 5.27. The first-order chi connectivity index (χ1) is 14.3. The zero-order valence-electron chi connectivity index (χ0n) is 18.0. The van der Waals surface area contributed by atoms with Gasteiger partial charge in [0.2, 0.25) is 6.17 Å². The lowest BCUT2D eigenvalue weighted by atomic mass is 10.2. The van der Waals surface area contributed by atoms with E-state index in [1.165, 1.54) is 16.2 Å². The molecule has 156 valence electrons. The summed E-state index contributed by atoms with van der Waals surface area (Å²) in [6.45, 7) is 5.19. The fourth-order valence-electron chi connectivity index (χ4n) is 3.57. The number of carbonyl (C=O) groups excluding carboxylic acids is 1. The number of anilines is 1. The van der Waals surface area contributed by atoms with Gasteiger partial charge in [-0.15, -0.1) is 0 Å². The fourth-order valence-corrected chi connectivity index (χ4v) is 3.57. The molecule has 3 aromatic rings. The van der Waals surface area contributed by atoms with Crippen molar-refractivity contribution in [3.05, 3.63) is 72.1 Å². The molecule has 0 saturated carbocycles. The second kappa shape index (κ2) is 8.92. The minimum absolute atomic E-state index is 0.115. The van der Waals surface area contributed by atoms with Gasteiger partial charge in [0, 0.05) is 37.1 Å². The summed E-state index contributed by atoms with van der Waals surface area (Å²) >= 11 is 0. The molecule has 0 saturated heterocycles. The SMILES string of the molecule is CC(=O)[O-].CC1=CC(N=Nc2c(C)n(C)c3ccccc23)N(c2ccccc2)[NH+]1C. The van der Waals surface area contributed by atoms with Crippen LogP contribution in [0.4, 0.5) is 11.4 Å². The molecule has 2 unspecified atom stereocenters. The summed E-state index contributed by atoms with van der Waals surface area (Å²) in [5.74, 6) is -1.08. The van der Waals surface area contributed by atoms with Crippen LogP contribution in [-0.4, -0.2) is 23.7 Å². The molecule has 2 heterocycles. The maximum atomic E-state index is 8.89. The van der Waals surface area contributed by atoms with Gasteiger partial charge in [0.1, 0.15) is 11.4 Å². The lowest BCUT2D eigenvalue weighted by Crippen LogP contribution is -3.13. The van der Waals surface area contributed by atoms with Crippen molar-refractivity contribution in [1.29, 1.82) is 0 Å². The zero-order valence-corrected chi connectivity index (χ0v) is 18.0. The van der Waals surface area contributed by atoms with Crippen LogP contribution < -0.4 is 15.1 Å². The van der Waals surface area contributed by atoms with Crippen molar-refractivity contribution in [2.45, 2.75) is 26.9 Å². The predicted molar refractivity (Wildman–Crippen MR) is 116 cm³/mol. The highest BCUT2D eigenvalue weighted by atomic mass is 16.4. The largest absolute Gasteiger partial charge is 0.550 e. The highest BCUT2D eigenvalue weighted by molar-refractivity contribution is 5.93. The van der Waals surface area contributed by atoms with Crippen molar-refractivity contribution >= 4 is 28.2 Å². The van der Waals surface area contributed by atoms with Crippen LogP contribution in [0, 0.1) is 6.92 Å². The van der Waals surface area contributed by atoms with E-state index in [2.05, 4.69) is 97.2 Å². The van der Waals surface area contributed by atoms with Crippen molar-refractivity contribution in [3.63, 3.8) is 0 Å². The number of fused-ring (bicyclic) bond motifs is 1. The molecule has 1 aromatic heterocycles. The standard InChI is InChI=1S/C21H23N5.C2H4O2/c1-15-14-20(26(25(15)4)17-10-6-5-7-11-17)22-23-21-16(2)24(3)19-13-9-8-12-18(19)21;1-2(3)4/h5-14,20H,1-4H3;1H3,(H,3,4). The van der Waals surface area contributed by atoms with E-state index in [1.54, 1.807) is 0 Å². The number of carboxylic acid groups (broad SMARTS) is 1. The van der Waals surface area contributed by atoms with Gasteiger partial charge in [-0.1, -0.05) is 36.4 Å². The number of para-hydroxylation sites is 2. The van der Waals surface area contributed by atoms with Gasteiger partial charge in [0.25, 0.3) is 0 Å². The molecule has 1 aliphatic rings. The van der Waals surface area contributed by atoms with E-state index in [0.717, 1.165) is 29.4 Å². The number of nitrogens with zero attached hydrogens (tertiary/aromatic N) is 4. The Morgan fingerprint density at radius 3 is 2.33 bits per heavy atom. The Morgan fingerprint density at radius 1 is 1.07 bits per heavy atom. The summed E-state index contributed by atoms with van der Waals surface area (Å²) in [6, 6.07) is 18.7. The molecule has 7 nitrogen and oxygen atoms in total. The van der Waals surface area contributed by atoms with Gasteiger partial charge in [-0.25, -0.2) is 5.01 Å². The maximum Gasteiger partial charge on any atom is 0.213 e. The number of allylic oxidation sites excluding steroid dienone is 1. The van der Waals surface area contributed by atoms with Gasteiger partial charge in [-0.2, -0.15) is 15.2 Å². The number of aliphatic carboxylic acids is 1. The van der Waals surface area contributed by atoms with Crippen molar-refractivity contribution in [3.8, 4) is 0 Å². The number of hydrogen-bond donors (Lipinski definition) is 1. The third kappa shape index (κ3) is 4.26. The van der Waals surface area contributed by atoms with E-state index in [0.29, 0.717) is 0 Å². The average Bonchev–Trinajstić information content (AvgIpc) is 3.14. The normalized spacial score (nSPS) is 18.4. The Kier molecular flexibility index (Phi) is 6.32. The van der Waals surface area contributed by atoms with Crippen LogP contribution in [0.1, 0.15) is 19.5 Å². The van der Waals surface area contributed by atoms with Gasteiger partial charge in [-0.3, -0.25) is 0 Å². The van der Waals surface area contributed by atoms with Gasteiger partial charge in [0.15, 0.2) is 0 Å². The van der Waals surface area contributed by atoms with Gasteiger partial charge in [-0.05, 0) is 32.0 Å². The maximum absolute atomic E-state index is 8.89. The highest BCUT2D eigenvalue weighted by Gasteiger charge is 2.33. The van der Waals surface area contributed by atoms with Crippen molar-refractivity contribution in [1.82, 2.24) is 4.57 Å². The van der Waals surface area contributed by atoms with E-state index in [-0.39, 0.29) is 6.17 Å². The summed E-state index contributed by atoms with van der Waals surface area (Å²) in [4.78, 5) is 8.89. The van der Waals surface area contributed by atoms with Crippen LogP contribution in [0.5, 0.6) is 0 Å². The number of quaternary nitrogens is 1. The van der Waals surface area contributed by atoms with Crippen LogP contribution in [0.15, 0.2) is 76.6 Å². The number of carboxylic acids is 1. The molecular weight excluding hydrogens is 378 g/mol. The second-order valence-corrected chi connectivity index (χ2v) is 7.27. The van der Waals surface area contributed by atoms with Crippen LogP contribution in [-0.2, 0) is 11.8 Å². The molecule has 2 atom stereocenters. The quantitative estimate of drug-likeness (QED) is 0.680. The number of hydrogen-bond acceptors (Lipinski definition) is 5. The molecular formula is C23H27N5O2. The van der Waals surface area contributed by atoms with Crippen LogP contribution >= 0.6 is 0 Å². The summed E-state index contributed by atoms with van der Waals surface area (Å²) in [5.41, 5.74) is 5.64. The second-order valence-electron chi connectivity index (χ2n) is 7.27. The van der Waals surface area contributed by atoms with Crippen molar-refractivity contribution < 1.29 is 14.9 Å². The van der Waals surface area contributed by atoms with Crippen LogP contribution in [0.2, 0.25) is 0 Å². The molecule has 0 aliphatic carbocycles. The fraction of sp³-hybridized carbons (Fsp3) is 0.261. The van der Waals surface area contributed by atoms with E-state index in [9.17, 15) is 0 Å². The Morgan fingerprint density at radius 2 is 1.67 bits per heavy atom. The molecule has 0 spiro atoms. The number of azo groups is 1. The minimum atomic E-state index is -1.08. The minimum Gasteiger partial charge on any atom is -0.550 e. The van der Waals surface area contributed by atoms with E-state index < -0.39 is 5.97 Å². The Balaban J connectivity index is 0.000000589. The molecule has 2 aromatic carbocycles. The third-order valence-corrected chi connectivity index (χ3v) is 5.27. The number of carbonyl (C=O) groups is 1. The lowest BCUT2D eigenvalue weighted by Gasteiger charge is -2.26. The topological polar surface area (TPSA) is 77.5 Å². The molecule has 0 bridgehead atoms. The van der Waals surface area contributed by atoms with E-state index >= 15 is 0 Å². The van der Waals surface area contributed by atoms with Gasteiger partial charge >= 0.3 is 0 Å². The molecule has 0 fully saturated rings. The Hall–Kier alpha value is -3.45. The monoisotopic (exact) mass is 405 g/mol. The zero-order chi connectivity index (χ0) is 21.8. The molecule has 30 heavy (non-hydrogen) atoms. The molecule has 7 heteroatoms. The first kappa shape index (κ1) is 21.3. The van der Waals surface area contributed by atoms with Crippen LogP contribution in [0.25, 0.3) is 10.9 Å². The molecule has 4 rings (SSSR count). The van der Waals surface area contributed by atoms with E-state index in [1.807, 2.05) is 6.07 Å². The summed E-state index contributed by atoms with van der Waals surface area (Å²) in [5, 5.41) is 22.9. The number of benzene rings is 2. The number of aromatic nitrogens is 1. The number of aryl methyl sites for hydroxylation is 1. The lowest BCUT2D eigenvalue weighted by molar-refractivity contribution is -0.844. The van der Waals surface area contributed by atoms with Crippen molar-refractivity contribution in [2.24, 2.45) is 17.3 Å². The Labute approximate surface area is 176 Å². The van der Waals surface area contributed by atoms with Crippen molar-refractivity contribution in [2.75, 3.05) is 12.1 Å². The molecule has 1 aliphatic heterocycles. The smallest absolute Gasteiger partial charge is 0.213 e. The van der Waals surface area contributed by atoms with E-state index in [4.69, 9.17) is 15.0 Å². The summed E-state index contributed by atoms with van der Waals surface area (Å²) in [7, 11) is 4.21. The van der Waals surface area contributed by atoms with Gasteiger partial charge < -0.3 is 14.5 Å². The molecule has 0 radical (unpaired) electrons. The predicted octanol–water partition coefficient (Wildman–Crippen LogP) is 2.51. The van der Waals surface area contributed by atoms with Gasteiger partial charge in [0.05, 0.1) is 18.3 Å².